The number of nitrogens with one attached hydrogen (secondary N) is 1. The fourth-order valence-electron chi connectivity index (χ4n) is 3.26. The first-order valence-corrected chi connectivity index (χ1v) is 9.56. The van der Waals surface area contributed by atoms with Crippen molar-refractivity contribution in [2.45, 2.75) is 27.2 Å². The van der Waals surface area contributed by atoms with Crippen LogP contribution in [0.3, 0.4) is 0 Å². The van der Waals surface area contributed by atoms with Gasteiger partial charge in [-0.25, -0.2) is 9.97 Å². The number of pyridine rings is 3. The summed E-state index contributed by atoms with van der Waals surface area (Å²) < 4.78 is 5.80. The first-order valence-electron chi connectivity index (χ1n) is 9.18. The summed E-state index contributed by atoms with van der Waals surface area (Å²) in [6.07, 6.45) is 0.290. The molecule has 0 saturated heterocycles. The zero-order valence-corrected chi connectivity index (χ0v) is 16.9. The molecule has 0 radical (unpaired) electrons. The monoisotopic (exact) mass is 407 g/mol. The standard InChI is InChI=1S/C22H18ClN3O3/c1-4-17(27)16-10-18(28)15-9-14(13-7-11(2)24-20(23)8-13)21(26-22(15)25-16)19-6-5-12(3)29-19/h5-10H,4H2,1-3H3,(H,25,26,28). The molecule has 0 aliphatic carbocycles. The number of aryl methyl sites for hydroxylation is 2. The highest BCUT2D eigenvalue weighted by Gasteiger charge is 2.18. The lowest BCUT2D eigenvalue weighted by Gasteiger charge is -2.11. The van der Waals surface area contributed by atoms with Gasteiger partial charge >= 0.3 is 0 Å². The van der Waals surface area contributed by atoms with Crippen LogP contribution in [0, 0.1) is 13.8 Å². The van der Waals surface area contributed by atoms with Crippen molar-refractivity contribution in [1.82, 2.24) is 15.0 Å². The smallest absolute Gasteiger partial charge is 0.191 e. The van der Waals surface area contributed by atoms with Gasteiger partial charge in [-0.1, -0.05) is 18.5 Å². The second-order valence-electron chi connectivity index (χ2n) is 6.83. The van der Waals surface area contributed by atoms with Crippen LogP contribution in [0.4, 0.5) is 0 Å². The lowest BCUT2D eigenvalue weighted by atomic mass is 10.0. The third-order valence-corrected chi connectivity index (χ3v) is 4.84. The van der Waals surface area contributed by atoms with Crippen molar-refractivity contribution in [1.29, 1.82) is 0 Å². The Balaban J connectivity index is 2.06. The summed E-state index contributed by atoms with van der Waals surface area (Å²) >= 11 is 6.16. The van der Waals surface area contributed by atoms with Crippen molar-refractivity contribution >= 4 is 28.4 Å². The van der Waals surface area contributed by atoms with Gasteiger partial charge in [0.05, 0.1) is 11.1 Å². The van der Waals surface area contributed by atoms with E-state index in [0.717, 1.165) is 17.0 Å². The van der Waals surface area contributed by atoms with Gasteiger partial charge in [0.1, 0.15) is 22.3 Å². The highest BCUT2D eigenvalue weighted by atomic mass is 35.5. The molecule has 4 heterocycles. The number of H-pyrrole nitrogens is 1. The van der Waals surface area contributed by atoms with Gasteiger partial charge in [0.2, 0.25) is 0 Å². The summed E-state index contributed by atoms with van der Waals surface area (Å²) in [4.78, 5) is 36.7. The number of carbonyl (C=O) groups is 1. The minimum atomic E-state index is -0.275. The van der Waals surface area contributed by atoms with Gasteiger partial charge in [0.25, 0.3) is 0 Å². The number of carbonyl (C=O) groups excluding carboxylic acids is 1. The molecule has 0 amide bonds. The van der Waals surface area contributed by atoms with Gasteiger partial charge in [-0.05, 0) is 49.7 Å². The summed E-state index contributed by atoms with van der Waals surface area (Å²) in [5, 5.41) is 0.727. The zero-order chi connectivity index (χ0) is 20.7. The molecular formula is C22H18ClN3O3. The Bertz CT molecular complexity index is 1300. The van der Waals surface area contributed by atoms with Gasteiger partial charge in [-0.15, -0.1) is 0 Å². The average Bonchev–Trinajstić information content (AvgIpc) is 3.11. The number of aromatic nitrogens is 3. The third-order valence-electron chi connectivity index (χ3n) is 4.64. The first-order chi connectivity index (χ1) is 13.9. The Morgan fingerprint density at radius 1 is 1.14 bits per heavy atom. The van der Waals surface area contributed by atoms with Crippen molar-refractivity contribution in [2.24, 2.45) is 0 Å². The maximum atomic E-state index is 12.7. The fraction of sp³-hybridized carbons (Fsp3) is 0.182. The van der Waals surface area contributed by atoms with Gasteiger partial charge in [-0.3, -0.25) is 9.59 Å². The van der Waals surface area contributed by atoms with E-state index in [9.17, 15) is 9.59 Å². The Morgan fingerprint density at radius 3 is 2.59 bits per heavy atom. The van der Waals surface area contributed by atoms with E-state index in [0.29, 0.717) is 39.6 Å². The van der Waals surface area contributed by atoms with E-state index in [2.05, 4.69) is 15.0 Å². The van der Waals surface area contributed by atoms with E-state index < -0.39 is 0 Å². The predicted molar refractivity (Wildman–Crippen MR) is 112 cm³/mol. The largest absolute Gasteiger partial charge is 0.460 e. The average molecular weight is 408 g/mol. The van der Waals surface area contributed by atoms with E-state index in [-0.39, 0.29) is 16.9 Å². The summed E-state index contributed by atoms with van der Waals surface area (Å²) in [5.41, 5.74) is 3.06. The van der Waals surface area contributed by atoms with Crippen molar-refractivity contribution < 1.29 is 9.21 Å². The van der Waals surface area contributed by atoms with Crippen LogP contribution >= 0.6 is 11.6 Å². The Hall–Kier alpha value is -3.25. The van der Waals surface area contributed by atoms with Crippen LogP contribution in [0.15, 0.2) is 45.6 Å². The Kier molecular flexibility index (Phi) is 4.80. The first kappa shape index (κ1) is 19.1. The van der Waals surface area contributed by atoms with Crippen molar-refractivity contribution in [2.75, 3.05) is 0 Å². The molecule has 146 valence electrons. The zero-order valence-electron chi connectivity index (χ0n) is 16.2. The molecule has 0 bridgehead atoms. The van der Waals surface area contributed by atoms with Gasteiger partial charge in [0.15, 0.2) is 17.0 Å². The molecule has 29 heavy (non-hydrogen) atoms. The number of aromatic amines is 1. The van der Waals surface area contributed by atoms with E-state index in [4.69, 9.17) is 16.0 Å². The molecule has 7 heteroatoms. The highest BCUT2D eigenvalue weighted by Crippen LogP contribution is 2.34. The quantitative estimate of drug-likeness (QED) is 0.375. The summed E-state index contributed by atoms with van der Waals surface area (Å²) in [7, 11) is 0. The predicted octanol–water partition coefficient (Wildman–Crippen LogP) is 5.11. The van der Waals surface area contributed by atoms with Crippen LogP contribution in [0.25, 0.3) is 33.6 Å². The van der Waals surface area contributed by atoms with Crippen molar-refractivity contribution in [3.63, 3.8) is 0 Å². The van der Waals surface area contributed by atoms with E-state index in [1.54, 1.807) is 19.1 Å². The highest BCUT2D eigenvalue weighted by molar-refractivity contribution is 6.29. The minimum Gasteiger partial charge on any atom is -0.460 e. The summed E-state index contributed by atoms with van der Waals surface area (Å²) in [6, 6.07) is 10.3. The molecule has 6 nitrogen and oxygen atoms in total. The van der Waals surface area contributed by atoms with Gasteiger partial charge in [0, 0.05) is 23.7 Å². The molecule has 4 rings (SSSR count). The molecule has 0 fully saturated rings. The molecule has 0 unspecified atom stereocenters. The molecule has 0 aliphatic heterocycles. The molecule has 4 aromatic rings. The molecule has 0 spiro atoms. The minimum absolute atomic E-state index is 0.151. The topological polar surface area (TPSA) is 88.8 Å². The number of hydrogen-bond acceptors (Lipinski definition) is 5. The number of nitrogens with zero attached hydrogens (tertiary/aromatic N) is 2. The maximum Gasteiger partial charge on any atom is 0.191 e. The molecule has 0 atom stereocenters. The summed E-state index contributed by atoms with van der Waals surface area (Å²) in [6.45, 7) is 5.43. The molecule has 0 aliphatic rings. The van der Waals surface area contributed by atoms with Gasteiger partial charge in [-0.2, -0.15) is 0 Å². The number of Topliss-reactive ketones (excluding diaryl/α,β-unsaturated/α-hetero) is 1. The van der Waals surface area contributed by atoms with Crippen LogP contribution in [-0.2, 0) is 0 Å². The third kappa shape index (κ3) is 3.59. The number of halogens is 1. The van der Waals surface area contributed by atoms with E-state index in [1.165, 1.54) is 6.07 Å². The number of furan rings is 1. The second kappa shape index (κ2) is 7.29. The molecule has 0 aromatic carbocycles. The van der Waals surface area contributed by atoms with Gasteiger partial charge < -0.3 is 9.40 Å². The van der Waals surface area contributed by atoms with Crippen molar-refractivity contribution in [3.05, 3.63) is 68.9 Å². The van der Waals surface area contributed by atoms with Crippen molar-refractivity contribution in [3.8, 4) is 22.6 Å². The van der Waals surface area contributed by atoms with Crippen LogP contribution in [0.1, 0.15) is 35.3 Å². The Labute approximate surface area is 171 Å². The van der Waals surface area contributed by atoms with E-state index in [1.807, 2.05) is 32.0 Å². The Morgan fingerprint density at radius 2 is 1.93 bits per heavy atom. The molecule has 1 N–H and O–H groups in total. The number of fused-ring (bicyclic) bond motifs is 1. The van der Waals surface area contributed by atoms with Crippen LogP contribution in [0.5, 0.6) is 0 Å². The number of rotatable bonds is 4. The van der Waals surface area contributed by atoms with Crippen LogP contribution in [-0.4, -0.2) is 20.7 Å². The van der Waals surface area contributed by atoms with E-state index >= 15 is 0 Å². The molecular weight excluding hydrogens is 390 g/mol. The fourth-order valence-corrected chi connectivity index (χ4v) is 3.51. The second-order valence-corrected chi connectivity index (χ2v) is 7.22. The normalized spacial score (nSPS) is 11.2. The van der Waals surface area contributed by atoms with Crippen LogP contribution in [0.2, 0.25) is 5.15 Å². The lowest BCUT2D eigenvalue weighted by Crippen LogP contribution is -2.11. The molecule has 0 saturated carbocycles. The molecule has 4 aromatic heterocycles. The lowest BCUT2D eigenvalue weighted by molar-refractivity contribution is 0.0983. The maximum absolute atomic E-state index is 12.7. The SMILES string of the molecule is CCC(=O)c1cc(=O)c2cc(-c3cc(C)nc(Cl)c3)c(-c3ccc(C)o3)nc2[nH]1. The number of ketones is 1. The number of hydrogen-bond donors (Lipinski definition) is 1. The van der Waals surface area contributed by atoms with Crippen LogP contribution < -0.4 is 5.43 Å². The summed E-state index contributed by atoms with van der Waals surface area (Å²) in [5.74, 6) is 1.14.